The molecule has 7 nitrogen and oxygen atoms in total. The van der Waals surface area contributed by atoms with E-state index >= 15 is 0 Å². The highest BCUT2D eigenvalue weighted by Crippen LogP contribution is 2.20. The summed E-state index contributed by atoms with van der Waals surface area (Å²) in [6, 6.07) is 12.8. The van der Waals surface area contributed by atoms with Crippen molar-refractivity contribution < 1.29 is 27.1 Å². The van der Waals surface area contributed by atoms with E-state index in [4.69, 9.17) is 4.74 Å². The largest absolute Gasteiger partial charge is 0.465 e. The van der Waals surface area contributed by atoms with Crippen molar-refractivity contribution in [3.05, 3.63) is 64.7 Å². The van der Waals surface area contributed by atoms with Gasteiger partial charge in [-0.25, -0.2) is 12.8 Å². The summed E-state index contributed by atoms with van der Waals surface area (Å²) in [6.07, 6.45) is 0. The maximum Gasteiger partial charge on any atom is 0.326 e. The number of hydrogen-bond donors (Lipinski definition) is 0. The Bertz CT molecular complexity index is 1250. The van der Waals surface area contributed by atoms with Crippen LogP contribution in [0.5, 0.6) is 0 Å². The Hall–Kier alpha value is -2.85. The predicted octanol–water partition coefficient (Wildman–Crippen LogP) is 2.45. The van der Waals surface area contributed by atoms with Crippen LogP contribution in [0.4, 0.5) is 4.39 Å². The highest BCUT2D eigenvalue weighted by Gasteiger charge is 2.19. The number of aromatic nitrogens is 1. The number of carbonyl (C=O) groups is 2. The summed E-state index contributed by atoms with van der Waals surface area (Å²) in [5, 5.41) is 0. The Morgan fingerprint density at radius 3 is 2.57 bits per heavy atom. The molecule has 1 aromatic heterocycles. The number of rotatable bonds is 7. The fourth-order valence-electron chi connectivity index (χ4n) is 2.86. The van der Waals surface area contributed by atoms with Gasteiger partial charge in [-0.05, 0) is 24.6 Å². The van der Waals surface area contributed by atoms with Crippen molar-refractivity contribution in [1.82, 2.24) is 4.57 Å². The number of hydrogen-bond acceptors (Lipinski definition) is 6. The lowest BCUT2D eigenvalue weighted by Crippen LogP contribution is -2.25. The molecule has 30 heavy (non-hydrogen) atoms. The number of para-hydroxylation sites is 1. The second kappa shape index (κ2) is 9.31. The average molecular weight is 451 g/mol. The van der Waals surface area contributed by atoms with Crippen LogP contribution in [-0.4, -0.2) is 37.2 Å². The number of carbonyl (C=O) groups excluding carboxylic acids is 2. The highest BCUT2D eigenvalue weighted by molar-refractivity contribution is 7.91. The first-order chi connectivity index (χ1) is 14.3. The molecule has 0 spiro atoms. The number of halogens is 1. The monoisotopic (exact) mass is 450 g/mol. The van der Waals surface area contributed by atoms with Crippen LogP contribution in [0.3, 0.4) is 0 Å². The van der Waals surface area contributed by atoms with Crippen LogP contribution in [0, 0.1) is 5.82 Å². The molecule has 0 unspecified atom stereocenters. The van der Waals surface area contributed by atoms with Crippen molar-refractivity contribution in [2.75, 3.05) is 12.4 Å². The van der Waals surface area contributed by atoms with Gasteiger partial charge in [0.1, 0.15) is 18.1 Å². The third kappa shape index (κ3) is 5.39. The van der Waals surface area contributed by atoms with E-state index in [1.165, 1.54) is 16.7 Å². The number of benzene rings is 2. The first-order valence-corrected chi connectivity index (χ1v) is 11.7. The van der Waals surface area contributed by atoms with Crippen LogP contribution in [0.25, 0.3) is 10.2 Å². The minimum absolute atomic E-state index is 0.0306. The van der Waals surface area contributed by atoms with Crippen molar-refractivity contribution in [2.45, 2.75) is 19.2 Å². The van der Waals surface area contributed by atoms with Crippen molar-refractivity contribution in [3.63, 3.8) is 0 Å². The Labute approximate surface area is 176 Å². The quantitative estimate of drug-likeness (QED) is 0.516. The van der Waals surface area contributed by atoms with Gasteiger partial charge in [0.2, 0.25) is 0 Å². The van der Waals surface area contributed by atoms with Crippen LogP contribution in [0.1, 0.15) is 12.5 Å². The molecule has 0 saturated heterocycles. The lowest BCUT2D eigenvalue weighted by molar-refractivity contribution is -0.143. The van der Waals surface area contributed by atoms with Crippen molar-refractivity contribution >= 4 is 43.3 Å². The van der Waals surface area contributed by atoms with Crippen molar-refractivity contribution in [3.8, 4) is 0 Å². The van der Waals surface area contributed by atoms with Gasteiger partial charge in [0.15, 0.2) is 14.6 Å². The minimum Gasteiger partial charge on any atom is -0.465 e. The summed E-state index contributed by atoms with van der Waals surface area (Å²) in [6.45, 7) is 1.44. The molecule has 0 saturated carbocycles. The van der Waals surface area contributed by atoms with Crippen LogP contribution in [0.2, 0.25) is 0 Å². The van der Waals surface area contributed by atoms with E-state index in [0.717, 1.165) is 11.3 Å². The van der Waals surface area contributed by atoms with E-state index in [9.17, 15) is 22.4 Å². The maximum absolute atomic E-state index is 14.4. The summed E-state index contributed by atoms with van der Waals surface area (Å²) >= 11 is 0.989. The molecule has 1 heterocycles. The zero-order valence-electron chi connectivity index (χ0n) is 16.1. The Morgan fingerprint density at radius 2 is 1.87 bits per heavy atom. The molecule has 3 aromatic rings. The zero-order chi connectivity index (χ0) is 21.7. The number of ether oxygens (including phenoxy) is 1. The fraction of sp³-hybridized carbons (Fsp3) is 0.250. The first-order valence-electron chi connectivity index (χ1n) is 9.04. The lowest BCUT2D eigenvalue weighted by atomic mass is 10.2. The molecular formula is C20H19FN2O5S2. The smallest absolute Gasteiger partial charge is 0.326 e. The van der Waals surface area contributed by atoms with Crippen LogP contribution in [0.15, 0.2) is 53.5 Å². The fourth-order valence-corrected chi connectivity index (χ4v) is 5.17. The third-order valence-electron chi connectivity index (χ3n) is 4.04. The summed E-state index contributed by atoms with van der Waals surface area (Å²) in [5.74, 6) is -3.18. The van der Waals surface area contributed by atoms with Gasteiger partial charge in [-0.15, -0.1) is 0 Å². The second-order valence-electron chi connectivity index (χ2n) is 6.39. The average Bonchev–Trinajstić information content (AvgIpc) is 3.00. The number of nitrogens with zero attached hydrogens (tertiary/aromatic N) is 2. The van der Waals surface area contributed by atoms with Crippen molar-refractivity contribution in [2.24, 2.45) is 4.99 Å². The highest BCUT2D eigenvalue weighted by atomic mass is 32.2. The third-order valence-corrected chi connectivity index (χ3v) is 6.54. The van der Waals surface area contributed by atoms with Crippen molar-refractivity contribution in [1.29, 1.82) is 0 Å². The van der Waals surface area contributed by atoms with E-state index in [2.05, 4.69) is 4.99 Å². The zero-order valence-corrected chi connectivity index (χ0v) is 17.7. The molecule has 3 rings (SSSR count). The Balaban J connectivity index is 1.93. The number of fused-ring (bicyclic) bond motifs is 1. The Morgan fingerprint density at radius 1 is 1.13 bits per heavy atom. The van der Waals surface area contributed by atoms with E-state index in [1.54, 1.807) is 43.3 Å². The van der Waals surface area contributed by atoms with E-state index in [1.807, 2.05) is 0 Å². The number of thiazole rings is 1. The molecular weight excluding hydrogens is 431 g/mol. The lowest BCUT2D eigenvalue weighted by Gasteiger charge is -2.06. The van der Waals surface area contributed by atoms with Crippen LogP contribution in [-0.2, 0) is 36.5 Å². The molecule has 1 amide bonds. The molecule has 0 atom stereocenters. The molecule has 0 aliphatic carbocycles. The normalized spacial score (nSPS) is 12.3. The van der Waals surface area contributed by atoms with Gasteiger partial charge in [0.25, 0.3) is 5.91 Å². The van der Waals surface area contributed by atoms with Gasteiger partial charge in [-0.3, -0.25) is 9.59 Å². The van der Waals surface area contributed by atoms with Gasteiger partial charge >= 0.3 is 5.97 Å². The summed E-state index contributed by atoms with van der Waals surface area (Å²) in [5.41, 5.74) is 0.667. The Kier molecular flexibility index (Phi) is 6.78. The maximum atomic E-state index is 14.4. The number of sulfone groups is 1. The van der Waals surface area contributed by atoms with Crippen LogP contribution >= 0.6 is 11.3 Å². The number of amides is 1. The molecule has 0 aliphatic heterocycles. The van der Waals surface area contributed by atoms with E-state index in [0.29, 0.717) is 10.3 Å². The molecule has 0 N–H and O–H groups in total. The SMILES string of the molecule is CCOC(=O)Cn1c(=NC(=O)CS(=O)(=O)Cc2ccccc2)sc2cccc(F)c21. The molecule has 0 fully saturated rings. The van der Waals surface area contributed by atoms with Crippen LogP contribution < -0.4 is 4.80 Å². The first kappa shape index (κ1) is 21.8. The molecule has 10 heteroatoms. The van der Waals surface area contributed by atoms with E-state index < -0.39 is 33.3 Å². The predicted molar refractivity (Wildman–Crippen MR) is 111 cm³/mol. The molecule has 0 radical (unpaired) electrons. The van der Waals surface area contributed by atoms with Gasteiger partial charge in [-0.2, -0.15) is 4.99 Å². The molecule has 158 valence electrons. The summed E-state index contributed by atoms with van der Waals surface area (Å²) < 4.78 is 45.7. The molecule has 2 aromatic carbocycles. The van der Waals surface area contributed by atoms with Gasteiger partial charge in [-0.1, -0.05) is 47.7 Å². The summed E-state index contributed by atoms with van der Waals surface area (Å²) in [4.78, 5) is 28.2. The standard InChI is InChI=1S/C20H19FN2O5S2/c1-2-28-18(25)11-23-19-15(21)9-6-10-16(19)29-20(23)22-17(24)13-30(26,27)12-14-7-4-3-5-8-14/h3-10H,2,11-13H2,1H3. The topological polar surface area (TPSA) is 94.8 Å². The van der Waals surface area contributed by atoms with Gasteiger partial charge in [0.05, 0.1) is 22.6 Å². The molecule has 0 aliphatic rings. The van der Waals surface area contributed by atoms with Gasteiger partial charge in [0, 0.05) is 0 Å². The minimum atomic E-state index is -3.75. The summed E-state index contributed by atoms with van der Waals surface area (Å²) in [7, 11) is -3.75. The van der Waals surface area contributed by atoms with E-state index in [-0.39, 0.29) is 29.2 Å². The number of esters is 1. The van der Waals surface area contributed by atoms with Gasteiger partial charge < -0.3 is 9.30 Å². The molecule has 0 bridgehead atoms. The second-order valence-corrected chi connectivity index (χ2v) is 9.46.